The molecule has 5 nitrogen and oxygen atoms in total. The summed E-state index contributed by atoms with van der Waals surface area (Å²) in [4.78, 5) is 0. The fourth-order valence-electron chi connectivity index (χ4n) is 1.50. The van der Waals surface area contributed by atoms with E-state index in [1.165, 1.54) is 30.4 Å². The zero-order chi connectivity index (χ0) is 13.9. The summed E-state index contributed by atoms with van der Waals surface area (Å²) in [6, 6.07) is 7.65. The van der Waals surface area contributed by atoms with E-state index in [1.54, 1.807) is 25.1 Å². The molecule has 6 heteroatoms. The minimum Gasteiger partial charge on any atom is -0.508 e. The molecule has 0 saturated heterocycles. The number of nitrogens with zero attached hydrogens (tertiary/aromatic N) is 2. The highest BCUT2D eigenvalue weighted by Gasteiger charge is 2.29. The smallest absolute Gasteiger partial charge is 0.230 e. The van der Waals surface area contributed by atoms with Gasteiger partial charge in [-0.2, -0.15) is 9.57 Å². The van der Waals surface area contributed by atoms with Crippen molar-refractivity contribution in [3.05, 3.63) is 29.8 Å². The normalized spacial score (nSPS) is 15.1. The van der Waals surface area contributed by atoms with Crippen molar-refractivity contribution in [3.63, 3.8) is 0 Å². The zero-order valence-electron chi connectivity index (χ0n) is 10.5. The summed E-state index contributed by atoms with van der Waals surface area (Å²) >= 11 is 0. The van der Waals surface area contributed by atoms with Crippen LogP contribution in [0, 0.1) is 11.3 Å². The Morgan fingerprint density at radius 2 is 1.78 bits per heavy atom. The number of hydrogen-bond acceptors (Lipinski definition) is 4. The van der Waals surface area contributed by atoms with Crippen molar-refractivity contribution in [1.29, 1.82) is 5.26 Å². The van der Waals surface area contributed by atoms with Crippen LogP contribution in [0.2, 0.25) is 0 Å². The largest absolute Gasteiger partial charge is 0.508 e. The van der Waals surface area contributed by atoms with Crippen LogP contribution < -0.4 is 0 Å². The second-order valence-electron chi connectivity index (χ2n) is 4.10. The lowest BCUT2D eigenvalue weighted by Gasteiger charge is -2.25. The summed E-state index contributed by atoms with van der Waals surface area (Å²) in [6.45, 7) is 3.09. The Bertz CT molecular complexity index is 546. The van der Waals surface area contributed by atoms with Gasteiger partial charge in [-0.25, -0.2) is 8.42 Å². The standard InChI is InChI=1S/C12H16N2O3S/c1-9(8-13)18(16,17)14(3)10(2)11-4-6-12(15)7-5-11/h4-7,9-10,15H,1-3H3. The predicted octanol–water partition coefficient (Wildman–Crippen LogP) is 1.63. The van der Waals surface area contributed by atoms with Gasteiger partial charge in [-0.1, -0.05) is 12.1 Å². The maximum absolute atomic E-state index is 12.0. The molecule has 0 bridgehead atoms. The third-order valence-electron chi connectivity index (χ3n) is 2.95. The van der Waals surface area contributed by atoms with Crippen LogP contribution in [0.1, 0.15) is 25.5 Å². The number of hydrogen-bond donors (Lipinski definition) is 1. The highest BCUT2D eigenvalue weighted by Crippen LogP contribution is 2.24. The lowest BCUT2D eigenvalue weighted by Crippen LogP contribution is -2.35. The molecule has 0 fully saturated rings. The van der Waals surface area contributed by atoms with E-state index in [0.717, 1.165) is 5.56 Å². The summed E-state index contributed by atoms with van der Waals surface area (Å²) in [7, 11) is -2.19. The van der Waals surface area contributed by atoms with E-state index in [0.29, 0.717) is 0 Å². The minimum absolute atomic E-state index is 0.127. The highest BCUT2D eigenvalue weighted by molar-refractivity contribution is 7.89. The molecular weight excluding hydrogens is 252 g/mol. The molecule has 18 heavy (non-hydrogen) atoms. The molecule has 2 atom stereocenters. The van der Waals surface area contributed by atoms with Gasteiger partial charge in [0.05, 0.1) is 6.07 Å². The van der Waals surface area contributed by atoms with Crippen LogP contribution in [-0.4, -0.2) is 30.1 Å². The highest BCUT2D eigenvalue weighted by atomic mass is 32.2. The molecule has 98 valence electrons. The van der Waals surface area contributed by atoms with Crippen molar-refractivity contribution >= 4 is 10.0 Å². The summed E-state index contributed by atoms with van der Waals surface area (Å²) in [5.41, 5.74) is 0.754. The van der Waals surface area contributed by atoms with Gasteiger partial charge in [0.25, 0.3) is 0 Å². The Kier molecular flexibility index (Phi) is 4.33. The van der Waals surface area contributed by atoms with Gasteiger partial charge >= 0.3 is 0 Å². The van der Waals surface area contributed by atoms with Crippen molar-refractivity contribution in [1.82, 2.24) is 4.31 Å². The molecular formula is C12H16N2O3S. The molecule has 0 spiro atoms. The fraction of sp³-hybridized carbons (Fsp3) is 0.417. The van der Waals surface area contributed by atoms with E-state index in [-0.39, 0.29) is 5.75 Å². The molecule has 0 aliphatic heterocycles. The molecule has 0 heterocycles. The van der Waals surface area contributed by atoms with Crippen LogP contribution in [0.4, 0.5) is 0 Å². The topological polar surface area (TPSA) is 81.4 Å². The van der Waals surface area contributed by atoms with E-state index < -0.39 is 21.3 Å². The number of rotatable bonds is 4. The first kappa shape index (κ1) is 14.5. The van der Waals surface area contributed by atoms with Crippen LogP contribution in [-0.2, 0) is 10.0 Å². The first-order valence-corrected chi connectivity index (χ1v) is 6.96. The first-order valence-electron chi connectivity index (χ1n) is 5.46. The molecule has 0 radical (unpaired) electrons. The van der Waals surface area contributed by atoms with Gasteiger partial charge in [-0.15, -0.1) is 0 Å². The lowest BCUT2D eigenvalue weighted by atomic mass is 10.1. The van der Waals surface area contributed by atoms with Gasteiger partial charge in [0.15, 0.2) is 5.25 Å². The number of benzene rings is 1. The van der Waals surface area contributed by atoms with E-state index in [9.17, 15) is 13.5 Å². The van der Waals surface area contributed by atoms with Crippen molar-refractivity contribution in [2.45, 2.75) is 25.1 Å². The van der Waals surface area contributed by atoms with Crippen molar-refractivity contribution in [3.8, 4) is 11.8 Å². The SMILES string of the molecule is CC(c1ccc(O)cc1)N(C)S(=O)(=O)C(C)C#N. The second kappa shape index (κ2) is 5.38. The van der Waals surface area contributed by atoms with Crippen molar-refractivity contribution in [2.75, 3.05) is 7.05 Å². The van der Waals surface area contributed by atoms with Crippen molar-refractivity contribution < 1.29 is 13.5 Å². The van der Waals surface area contributed by atoms with Crippen LogP contribution in [0.3, 0.4) is 0 Å². The predicted molar refractivity (Wildman–Crippen MR) is 68.3 cm³/mol. The number of phenols is 1. The average molecular weight is 268 g/mol. The van der Waals surface area contributed by atoms with Crippen LogP contribution >= 0.6 is 0 Å². The van der Waals surface area contributed by atoms with E-state index in [4.69, 9.17) is 5.26 Å². The Balaban J connectivity index is 3.01. The van der Waals surface area contributed by atoms with Gasteiger partial charge in [-0.3, -0.25) is 0 Å². The summed E-state index contributed by atoms with van der Waals surface area (Å²) in [5.74, 6) is 0.127. The summed E-state index contributed by atoms with van der Waals surface area (Å²) in [6.07, 6.45) is 0. The third-order valence-corrected chi connectivity index (χ3v) is 5.07. The van der Waals surface area contributed by atoms with Crippen LogP contribution in [0.5, 0.6) is 5.75 Å². The molecule has 2 unspecified atom stereocenters. The number of nitriles is 1. The fourth-order valence-corrected chi connectivity index (χ4v) is 2.69. The summed E-state index contributed by atoms with van der Waals surface area (Å²) < 4.78 is 25.2. The average Bonchev–Trinajstić information content (AvgIpc) is 2.36. The van der Waals surface area contributed by atoms with Gasteiger partial charge in [-0.05, 0) is 31.5 Å². The Hall–Kier alpha value is -1.58. The quantitative estimate of drug-likeness (QED) is 0.899. The minimum atomic E-state index is -3.64. The third kappa shape index (κ3) is 2.81. The van der Waals surface area contributed by atoms with E-state index >= 15 is 0 Å². The van der Waals surface area contributed by atoms with Crippen LogP contribution in [0.25, 0.3) is 0 Å². The van der Waals surface area contributed by atoms with E-state index in [2.05, 4.69) is 0 Å². The number of sulfonamides is 1. The molecule has 1 aromatic rings. The Morgan fingerprint density at radius 3 is 2.22 bits per heavy atom. The molecule has 1 rings (SSSR count). The molecule has 0 aromatic heterocycles. The maximum Gasteiger partial charge on any atom is 0.230 e. The van der Waals surface area contributed by atoms with Crippen molar-refractivity contribution in [2.24, 2.45) is 0 Å². The molecule has 1 N–H and O–H groups in total. The number of aromatic hydroxyl groups is 1. The monoisotopic (exact) mass is 268 g/mol. The summed E-state index contributed by atoms with van der Waals surface area (Å²) in [5, 5.41) is 16.8. The zero-order valence-corrected chi connectivity index (χ0v) is 11.3. The molecule has 0 aliphatic carbocycles. The maximum atomic E-state index is 12.0. The van der Waals surface area contributed by atoms with Crippen LogP contribution in [0.15, 0.2) is 24.3 Å². The first-order chi connectivity index (χ1) is 8.30. The molecule has 0 saturated carbocycles. The Labute approximate surface area is 107 Å². The second-order valence-corrected chi connectivity index (χ2v) is 6.41. The molecule has 1 aromatic carbocycles. The van der Waals surface area contributed by atoms with Gasteiger partial charge < -0.3 is 5.11 Å². The molecule has 0 aliphatic rings. The van der Waals surface area contributed by atoms with Gasteiger partial charge in [0.2, 0.25) is 10.0 Å². The Morgan fingerprint density at radius 1 is 1.28 bits per heavy atom. The van der Waals surface area contributed by atoms with E-state index in [1.807, 2.05) is 0 Å². The lowest BCUT2D eigenvalue weighted by molar-refractivity contribution is 0.395. The van der Waals surface area contributed by atoms with Gasteiger partial charge in [0, 0.05) is 13.1 Å². The number of phenolic OH excluding ortho intramolecular Hbond substituents is 1. The molecule has 0 amide bonds. The van der Waals surface area contributed by atoms with Gasteiger partial charge in [0.1, 0.15) is 5.75 Å².